The highest BCUT2D eigenvalue weighted by Crippen LogP contribution is 2.36. The van der Waals surface area contributed by atoms with Gasteiger partial charge >= 0.3 is 5.97 Å². The SMILES string of the molecule is COC(=O)C1=C(C)N(c2ccc(OC)cc2)C(=O)/C1=C/c1ccc(CN(Cc2ccccc2)S(=O)(=O)c2ccc(C)cc2)o1. The normalized spacial score (nSPS) is 14.5. The van der Waals surface area contributed by atoms with Crippen LogP contribution in [0.25, 0.3) is 6.08 Å². The number of hydrogen-bond donors (Lipinski definition) is 0. The minimum absolute atomic E-state index is 0.0566. The first-order valence-electron chi connectivity index (χ1n) is 13.8. The number of amides is 1. The lowest BCUT2D eigenvalue weighted by Crippen LogP contribution is -2.30. The van der Waals surface area contributed by atoms with Gasteiger partial charge in [0, 0.05) is 17.9 Å². The van der Waals surface area contributed by atoms with Crippen molar-refractivity contribution in [1.82, 2.24) is 4.31 Å². The fourth-order valence-electron chi connectivity index (χ4n) is 4.97. The first-order valence-corrected chi connectivity index (χ1v) is 15.3. The molecule has 0 fully saturated rings. The molecule has 0 N–H and O–H groups in total. The predicted octanol–water partition coefficient (Wildman–Crippen LogP) is 5.86. The molecule has 10 heteroatoms. The molecule has 0 aliphatic carbocycles. The van der Waals surface area contributed by atoms with Crippen molar-refractivity contribution >= 4 is 33.7 Å². The van der Waals surface area contributed by atoms with E-state index in [2.05, 4.69) is 0 Å². The maximum Gasteiger partial charge on any atom is 0.340 e. The van der Waals surface area contributed by atoms with Gasteiger partial charge in [-0.2, -0.15) is 4.31 Å². The van der Waals surface area contributed by atoms with Gasteiger partial charge in [0.05, 0.1) is 36.8 Å². The van der Waals surface area contributed by atoms with Gasteiger partial charge in [0.1, 0.15) is 17.3 Å². The molecule has 1 aromatic heterocycles. The third-order valence-corrected chi connectivity index (χ3v) is 9.09. The Balaban J connectivity index is 1.47. The van der Waals surface area contributed by atoms with Crippen LogP contribution in [0.15, 0.2) is 117 Å². The molecule has 2 heterocycles. The highest BCUT2D eigenvalue weighted by atomic mass is 32.2. The standard InChI is InChI=1S/C34H32N2O7S/c1-23-10-18-30(19-11-23)44(39,40)35(21-25-8-6-5-7-9-25)22-29-17-16-28(43-29)20-31-32(34(38)42-4)24(2)36(33(31)37)26-12-14-27(41-3)15-13-26/h5-20H,21-22H2,1-4H3/b31-20+. The van der Waals surface area contributed by atoms with Gasteiger partial charge in [-0.3, -0.25) is 9.69 Å². The van der Waals surface area contributed by atoms with E-state index in [0.717, 1.165) is 11.1 Å². The zero-order valence-electron chi connectivity index (χ0n) is 24.8. The van der Waals surface area contributed by atoms with E-state index in [0.29, 0.717) is 22.9 Å². The lowest BCUT2D eigenvalue weighted by molar-refractivity contribution is -0.136. The highest BCUT2D eigenvalue weighted by Gasteiger charge is 2.38. The molecule has 44 heavy (non-hydrogen) atoms. The zero-order valence-corrected chi connectivity index (χ0v) is 25.6. The summed E-state index contributed by atoms with van der Waals surface area (Å²) in [5, 5.41) is 0. The molecule has 0 saturated heterocycles. The van der Waals surface area contributed by atoms with Crippen LogP contribution < -0.4 is 9.64 Å². The molecule has 4 aromatic rings. The number of benzene rings is 3. The Hall–Kier alpha value is -4.93. The van der Waals surface area contributed by atoms with Gasteiger partial charge in [-0.25, -0.2) is 13.2 Å². The number of sulfonamides is 1. The van der Waals surface area contributed by atoms with Crippen LogP contribution in [0.2, 0.25) is 0 Å². The van der Waals surface area contributed by atoms with Gasteiger partial charge in [-0.1, -0.05) is 48.0 Å². The average molecular weight is 613 g/mol. The number of ether oxygens (including phenoxy) is 2. The highest BCUT2D eigenvalue weighted by molar-refractivity contribution is 7.89. The fraction of sp³-hybridized carbons (Fsp3) is 0.176. The van der Waals surface area contributed by atoms with Crippen molar-refractivity contribution in [1.29, 1.82) is 0 Å². The predicted molar refractivity (Wildman–Crippen MR) is 166 cm³/mol. The number of furan rings is 1. The maximum atomic E-state index is 13.7. The van der Waals surface area contributed by atoms with Crippen LogP contribution >= 0.6 is 0 Å². The van der Waals surface area contributed by atoms with Crippen LogP contribution in [0.5, 0.6) is 5.75 Å². The van der Waals surface area contributed by atoms with Crippen molar-refractivity contribution in [3.05, 3.63) is 130 Å². The molecule has 0 spiro atoms. The lowest BCUT2D eigenvalue weighted by Gasteiger charge is -2.21. The second-order valence-electron chi connectivity index (χ2n) is 10.2. The molecule has 0 atom stereocenters. The Bertz CT molecular complexity index is 1840. The number of rotatable bonds is 10. The van der Waals surface area contributed by atoms with Crippen LogP contribution in [0.3, 0.4) is 0 Å². The third-order valence-electron chi connectivity index (χ3n) is 7.28. The monoisotopic (exact) mass is 612 g/mol. The van der Waals surface area contributed by atoms with Crippen LogP contribution in [0.1, 0.15) is 29.6 Å². The number of carbonyl (C=O) groups excluding carboxylic acids is 2. The van der Waals surface area contributed by atoms with Crippen molar-refractivity contribution in [2.75, 3.05) is 19.1 Å². The van der Waals surface area contributed by atoms with E-state index >= 15 is 0 Å². The van der Waals surface area contributed by atoms with Crippen molar-refractivity contribution in [3.8, 4) is 5.75 Å². The minimum Gasteiger partial charge on any atom is -0.497 e. The number of methoxy groups -OCH3 is 2. The topological polar surface area (TPSA) is 106 Å². The van der Waals surface area contributed by atoms with E-state index in [4.69, 9.17) is 13.9 Å². The number of aryl methyl sites for hydroxylation is 1. The van der Waals surface area contributed by atoms with E-state index in [9.17, 15) is 18.0 Å². The summed E-state index contributed by atoms with van der Waals surface area (Å²) in [5.41, 5.74) is 2.93. The molecule has 5 rings (SSSR count). The smallest absolute Gasteiger partial charge is 0.340 e. The van der Waals surface area contributed by atoms with Gasteiger partial charge in [0.25, 0.3) is 5.91 Å². The zero-order chi connectivity index (χ0) is 31.4. The molecule has 3 aromatic carbocycles. The Morgan fingerprint density at radius 3 is 2.20 bits per heavy atom. The van der Waals surface area contributed by atoms with Crippen LogP contribution in [0, 0.1) is 6.92 Å². The molecule has 0 radical (unpaired) electrons. The van der Waals surface area contributed by atoms with Gasteiger partial charge in [0.15, 0.2) is 0 Å². The number of esters is 1. The molecule has 226 valence electrons. The van der Waals surface area contributed by atoms with Gasteiger partial charge < -0.3 is 13.9 Å². The summed E-state index contributed by atoms with van der Waals surface area (Å²) in [5.74, 6) is 0.171. The van der Waals surface area contributed by atoms with Crippen molar-refractivity contribution in [2.45, 2.75) is 31.8 Å². The lowest BCUT2D eigenvalue weighted by atomic mass is 10.1. The molecule has 0 unspecified atom stereocenters. The first-order chi connectivity index (χ1) is 21.1. The van der Waals surface area contributed by atoms with Crippen molar-refractivity contribution in [2.24, 2.45) is 0 Å². The van der Waals surface area contributed by atoms with E-state index in [1.165, 1.54) is 22.4 Å². The van der Waals surface area contributed by atoms with E-state index < -0.39 is 21.9 Å². The molecule has 0 saturated carbocycles. The van der Waals surface area contributed by atoms with E-state index in [1.807, 2.05) is 37.3 Å². The number of carbonyl (C=O) groups is 2. The average Bonchev–Trinajstić information content (AvgIpc) is 3.57. The molecule has 0 bridgehead atoms. The number of hydrogen-bond acceptors (Lipinski definition) is 7. The van der Waals surface area contributed by atoms with Crippen LogP contribution in [0.4, 0.5) is 5.69 Å². The summed E-state index contributed by atoms with van der Waals surface area (Å²) in [7, 11) is -1.09. The molecule has 1 amide bonds. The van der Waals surface area contributed by atoms with Crippen LogP contribution in [-0.2, 0) is 37.4 Å². The Morgan fingerprint density at radius 2 is 1.57 bits per heavy atom. The van der Waals surface area contributed by atoms with Crippen molar-refractivity contribution < 1.29 is 31.9 Å². The Labute approximate surface area is 256 Å². The Morgan fingerprint density at radius 1 is 0.886 bits per heavy atom. The number of nitrogens with zero attached hydrogens (tertiary/aromatic N) is 2. The van der Waals surface area contributed by atoms with Gasteiger partial charge in [-0.05, 0) is 74.0 Å². The molecular formula is C34H32N2O7S. The largest absolute Gasteiger partial charge is 0.497 e. The van der Waals surface area contributed by atoms with E-state index in [1.54, 1.807) is 74.7 Å². The first kappa shape index (κ1) is 30.5. The fourth-order valence-corrected chi connectivity index (χ4v) is 6.36. The minimum atomic E-state index is -3.89. The molecule has 9 nitrogen and oxygen atoms in total. The number of allylic oxidation sites excluding steroid dienone is 1. The van der Waals surface area contributed by atoms with Gasteiger partial charge in [0.2, 0.25) is 10.0 Å². The summed E-state index contributed by atoms with van der Waals surface area (Å²) >= 11 is 0. The van der Waals surface area contributed by atoms with Gasteiger partial charge in [-0.15, -0.1) is 0 Å². The van der Waals surface area contributed by atoms with Crippen molar-refractivity contribution in [3.63, 3.8) is 0 Å². The summed E-state index contributed by atoms with van der Waals surface area (Å²) in [6.45, 7) is 3.63. The molecule has 1 aliphatic rings. The summed E-state index contributed by atoms with van der Waals surface area (Å²) in [4.78, 5) is 28.1. The summed E-state index contributed by atoms with van der Waals surface area (Å²) in [6.07, 6.45) is 1.47. The van der Waals surface area contributed by atoms with E-state index in [-0.39, 0.29) is 34.9 Å². The van der Waals surface area contributed by atoms with Crippen LogP contribution in [-0.4, -0.2) is 38.8 Å². The third kappa shape index (κ3) is 6.22. The number of anilines is 1. The Kier molecular flexibility index (Phi) is 8.84. The quantitative estimate of drug-likeness (QED) is 0.163. The maximum absolute atomic E-state index is 13.7. The molecular weight excluding hydrogens is 580 g/mol. The second kappa shape index (κ2) is 12.7. The molecule has 1 aliphatic heterocycles. The summed E-state index contributed by atoms with van der Waals surface area (Å²) < 4.78 is 45.1. The summed E-state index contributed by atoms with van der Waals surface area (Å²) in [6, 6.07) is 26.2. The second-order valence-corrected chi connectivity index (χ2v) is 12.2.